The molecule has 1 heterocycles. The number of halogens is 1. The first kappa shape index (κ1) is 15.2. The van der Waals surface area contributed by atoms with Crippen LogP contribution in [0.3, 0.4) is 0 Å². The lowest BCUT2D eigenvalue weighted by Crippen LogP contribution is -2.47. The number of nitrogens with zero attached hydrogens (tertiary/aromatic N) is 2. The standard InChI is InChI=1S/C12H25ClN2O2/c1-16-10-2-11-17-12-9-15-7-5-14(4-3-13)6-8-15/h2-12H2,1H3. The second kappa shape index (κ2) is 10.1. The van der Waals surface area contributed by atoms with Crippen molar-refractivity contribution in [1.29, 1.82) is 0 Å². The van der Waals surface area contributed by atoms with E-state index in [1.54, 1.807) is 7.11 Å². The van der Waals surface area contributed by atoms with Crippen molar-refractivity contribution >= 4 is 11.6 Å². The fourth-order valence-electron chi connectivity index (χ4n) is 1.96. The van der Waals surface area contributed by atoms with Gasteiger partial charge in [-0.1, -0.05) is 0 Å². The quantitative estimate of drug-likeness (QED) is 0.456. The molecule has 0 aliphatic carbocycles. The molecular weight excluding hydrogens is 240 g/mol. The highest BCUT2D eigenvalue weighted by Gasteiger charge is 2.15. The molecule has 1 fully saturated rings. The summed E-state index contributed by atoms with van der Waals surface area (Å²) in [5.74, 6) is 0.739. The Labute approximate surface area is 110 Å². The van der Waals surface area contributed by atoms with Crippen molar-refractivity contribution in [3.05, 3.63) is 0 Å². The van der Waals surface area contributed by atoms with Crippen molar-refractivity contribution in [1.82, 2.24) is 9.80 Å². The fourth-order valence-corrected chi connectivity index (χ4v) is 2.20. The lowest BCUT2D eigenvalue weighted by Gasteiger charge is -2.34. The minimum atomic E-state index is 0.739. The second-order valence-corrected chi connectivity index (χ2v) is 4.71. The van der Waals surface area contributed by atoms with Gasteiger partial charge in [0.2, 0.25) is 0 Å². The molecule has 1 rings (SSSR count). The van der Waals surface area contributed by atoms with E-state index < -0.39 is 0 Å². The van der Waals surface area contributed by atoms with Gasteiger partial charge >= 0.3 is 0 Å². The third-order valence-corrected chi connectivity index (χ3v) is 3.22. The molecule has 0 radical (unpaired) electrons. The van der Waals surface area contributed by atoms with Gasteiger partial charge in [0.1, 0.15) is 0 Å². The molecule has 0 aromatic rings. The highest BCUT2D eigenvalue weighted by atomic mass is 35.5. The lowest BCUT2D eigenvalue weighted by atomic mass is 10.3. The van der Waals surface area contributed by atoms with Gasteiger partial charge in [-0.05, 0) is 6.42 Å². The smallest absolute Gasteiger partial charge is 0.0593 e. The van der Waals surface area contributed by atoms with Crippen LogP contribution in [0.25, 0.3) is 0 Å². The van der Waals surface area contributed by atoms with Crippen LogP contribution in [-0.4, -0.2) is 81.9 Å². The molecule has 0 bridgehead atoms. The molecule has 0 aromatic carbocycles. The van der Waals surface area contributed by atoms with Crippen molar-refractivity contribution in [3.63, 3.8) is 0 Å². The number of hydrogen-bond acceptors (Lipinski definition) is 4. The van der Waals surface area contributed by atoms with Crippen LogP contribution in [0, 0.1) is 0 Å². The predicted molar refractivity (Wildman–Crippen MR) is 70.9 cm³/mol. The molecule has 1 saturated heterocycles. The molecular formula is C12H25ClN2O2. The molecule has 0 amide bonds. The molecule has 0 spiro atoms. The summed E-state index contributed by atoms with van der Waals surface area (Å²) in [6.07, 6.45) is 0.986. The summed E-state index contributed by atoms with van der Waals surface area (Å²) in [5, 5.41) is 0. The maximum absolute atomic E-state index is 5.73. The Kier molecular flexibility index (Phi) is 9.01. The van der Waals surface area contributed by atoms with Gasteiger partial charge in [0.25, 0.3) is 0 Å². The Morgan fingerprint density at radius 3 is 2.18 bits per heavy atom. The van der Waals surface area contributed by atoms with Crippen LogP contribution in [0.5, 0.6) is 0 Å². The van der Waals surface area contributed by atoms with Crippen molar-refractivity contribution < 1.29 is 9.47 Å². The largest absolute Gasteiger partial charge is 0.385 e. The van der Waals surface area contributed by atoms with E-state index in [4.69, 9.17) is 21.1 Å². The summed E-state index contributed by atoms with van der Waals surface area (Å²) in [6, 6.07) is 0. The average Bonchev–Trinajstić information content (AvgIpc) is 2.36. The summed E-state index contributed by atoms with van der Waals surface area (Å²) >= 11 is 5.73. The van der Waals surface area contributed by atoms with E-state index in [-0.39, 0.29) is 0 Å². The monoisotopic (exact) mass is 264 g/mol. The van der Waals surface area contributed by atoms with Gasteiger partial charge in [-0.3, -0.25) is 9.80 Å². The minimum absolute atomic E-state index is 0.739. The van der Waals surface area contributed by atoms with E-state index >= 15 is 0 Å². The van der Waals surface area contributed by atoms with Gasteiger partial charge in [0.15, 0.2) is 0 Å². The number of methoxy groups -OCH3 is 1. The number of piperazine rings is 1. The summed E-state index contributed by atoms with van der Waals surface area (Å²) in [4.78, 5) is 4.88. The van der Waals surface area contributed by atoms with E-state index in [0.29, 0.717) is 0 Å². The fraction of sp³-hybridized carbons (Fsp3) is 1.00. The van der Waals surface area contributed by atoms with Crippen LogP contribution < -0.4 is 0 Å². The zero-order chi connectivity index (χ0) is 12.3. The number of hydrogen-bond donors (Lipinski definition) is 0. The lowest BCUT2D eigenvalue weighted by molar-refractivity contribution is 0.0663. The number of alkyl halides is 1. The van der Waals surface area contributed by atoms with E-state index in [0.717, 1.165) is 71.4 Å². The molecule has 0 saturated carbocycles. The number of rotatable bonds is 9. The van der Waals surface area contributed by atoms with E-state index in [2.05, 4.69) is 9.80 Å². The van der Waals surface area contributed by atoms with Crippen LogP contribution >= 0.6 is 11.6 Å². The highest BCUT2D eigenvalue weighted by molar-refractivity contribution is 6.18. The molecule has 102 valence electrons. The van der Waals surface area contributed by atoms with E-state index in [1.807, 2.05) is 0 Å². The Hall–Kier alpha value is 0.130. The van der Waals surface area contributed by atoms with Crippen molar-refractivity contribution in [3.8, 4) is 0 Å². The first-order valence-corrected chi connectivity index (χ1v) is 6.97. The molecule has 1 aliphatic heterocycles. The van der Waals surface area contributed by atoms with Crippen LogP contribution in [0.4, 0.5) is 0 Å². The Balaban J connectivity index is 1.91. The maximum Gasteiger partial charge on any atom is 0.0593 e. The van der Waals surface area contributed by atoms with E-state index in [9.17, 15) is 0 Å². The van der Waals surface area contributed by atoms with Crippen molar-refractivity contribution in [2.24, 2.45) is 0 Å². The van der Waals surface area contributed by atoms with Gasteiger partial charge in [-0.2, -0.15) is 0 Å². The summed E-state index contributed by atoms with van der Waals surface area (Å²) in [5.41, 5.74) is 0. The van der Waals surface area contributed by atoms with Crippen molar-refractivity contribution in [2.75, 3.05) is 72.1 Å². The second-order valence-electron chi connectivity index (χ2n) is 4.33. The summed E-state index contributed by atoms with van der Waals surface area (Å²) in [7, 11) is 1.72. The zero-order valence-electron chi connectivity index (χ0n) is 10.9. The van der Waals surface area contributed by atoms with Crippen LogP contribution in [0.2, 0.25) is 0 Å². The third-order valence-electron chi connectivity index (χ3n) is 3.05. The maximum atomic E-state index is 5.73. The van der Waals surface area contributed by atoms with Gasteiger partial charge in [0, 0.05) is 65.5 Å². The average molecular weight is 265 g/mol. The third kappa shape index (κ3) is 7.21. The molecule has 0 N–H and O–H groups in total. The van der Waals surface area contributed by atoms with Gasteiger partial charge < -0.3 is 9.47 Å². The van der Waals surface area contributed by atoms with Gasteiger partial charge in [0.05, 0.1) is 6.61 Å². The SMILES string of the molecule is COCCCOCCN1CCN(CCCl)CC1. The van der Waals surface area contributed by atoms with Gasteiger partial charge in [-0.15, -0.1) is 11.6 Å². The van der Waals surface area contributed by atoms with Gasteiger partial charge in [-0.25, -0.2) is 0 Å². The topological polar surface area (TPSA) is 24.9 Å². The first-order valence-electron chi connectivity index (χ1n) is 6.44. The van der Waals surface area contributed by atoms with Crippen LogP contribution in [0.1, 0.15) is 6.42 Å². The summed E-state index contributed by atoms with van der Waals surface area (Å²) < 4.78 is 10.5. The minimum Gasteiger partial charge on any atom is -0.385 e. The normalized spacial score (nSPS) is 18.7. The predicted octanol–water partition coefficient (Wildman–Crippen LogP) is 0.896. The molecule has 0 unspecified atom stereocenters. The summed E-state index contributed by atoms with van der Waals surface area (Å²) in [6.45, 7) is 9.03. The molecule has 5 heteroatoms. The Bertz CT molecular complexity index is 176. The Morgan fingerprint density at radius 1 is 0.941 bits per heavy atom. The van der Waals surface area contributed by atoms with E-state index in [1.165, 1.54) is 0 Å². The Morgan fingerprint density at radius 2 is 1.59 bits per heavy atom. The molecule has 0 aromatic heterocycles. The molecule has 1 aliphatic rings. The highest BCUT2D eigenvalue weighted by Crippen LogP contribution is 2.01. The van der Waals surface area contributed by atoms with Crippen LogP contribution in [-0.2, 0) is 9.47 Å². The molecule has 17 heavy (non-hydrogen) atoms. The van der Waals surface area contributed by atoms with Crippen molar-refractivity contribution in [2.45, 2.75) is 6.42 Å². The zero-order valence-corrected chi connectivity index (χ0v) is 11.6. The molecule has 0 atom stereocenters. The first-order chi connectivity index (χ1) is 8.36. The molecule has 4 nitrogen and oxygen atoms in total. The van der Waals surface area contributed by atoms with Crippen LogP contribution in [0.15, 0.2) is 0 Å². The number of ether oxygens (including phenoxy) is 2.